The van der Waals surface area contributed by atoms with Crippen LogP contribution in [0.25, 0.3) is 0 Å². The molecule has 1 heterocycles. The summed E-state index contributed by atoms with van der Waals surface area (Å²) in [6, 6.07) is 6.70. The van der Waals surface area contributed by atoms with Crippen molar-refractivity contribution in [2.75, 3.05) is 6.54 Å². The molecule has 0 saturated carbocycles. The topological polar surface area (TPSA) is 66.8 Å². The number of likely N-dealkylation sites (tertiary alicyclic amines) is 1. The molecule has 1 saturated heterocycles. The molecule has 5 nitrogen and oxygen atoms in total. The zero-order valence-electron chi connectivity index (χ0n) is 12.6. The SMILES string of the molecule is Cc1cccc(OC(C)C(=O)N2CCC(C)C2C(=O)O)c1. The maximum Gasteiger partial charge on any atom is 0.326 e. The fourth-order valence-electron chi connectivity index (χ4n) is 2.75. The first-order chi connectivity index (χ1) is 9.90. The standard InChI is InChI=1S/C16H21NO4/c1-10-5-4-6-13(9-10)21-12(3)15(18)17-8-7-11(2)14(17)16(19)20/h4-6,9,11-12,14H,7-8H2,1-3H3,(H,19,20). The minimum absolute atomic E-state index is 0.0300. The molecule has 0 spiro atoms. The molecule has 2 rings (SSSR count). The van der Waals surface area contributed by atoms with E-state index in [1.165, 1.54) is 4.90 Å². The molecule has 1 N–H and O–H groups in total. The van der Waals surface area contributed by atoms with Gasteiger partial charge in [-0.1, -0.05) is 19.1 Å². The van der Waals surface area contributed by atoms with Gasteiger partial charge in [-0.25, -0.2) is 4.79 Å². The number of hydrogen-bond donors (Lipinski definition) is 1. The molecule has 3 unspecified atom stereocenters. The predicted molar refractivity (Wildman–Crippen MR) is 78.2 cm³/mol. The van der Waals surface area contributed by atoms with Crippen molar-refractivity contribution < 1.29 is 19.4 Å². The van der Waals surface area contributed by atoms with Crippen LogP contribution in [0.4, 0.5) is 0 Å². The maximum atomic E-state index is 12.4. The quantitative estimate of drug-likeness (QED) is 0.922. The average Bonchev–Trinajstić information content (AvgIpc) is 2.79. The number of carbonyl (C=O) groups excluding carboxylic acids is 1. The number of amides is 1. The lowest BCUT2D eigenvalue weighted by molar-refractivity contribution is -0.152. The van der Waals surface area contributed by atoms with Crippen LogP contribution in [0, 0.1) is 12.8 Å². The number of aryl methyl sites for hydroxylation is 1. The van der Waals surface area contributed by atoms with Crippen molar-refractivity contribution in [3.05, 3.63) is 29.8 Å². The highest BCUT2D eigenvalue weighted by Gasteiger charge is 2.41. The van der Waals surface area contributed by atoms with Crippen LogP contribution >= 0.6 is 0 Å². The number of benzene rings is 1. The Kier molecular flexibility index (Phi) is 4.50. The van der Waals surface area contributed by atoms with Crippen LogP contribution in [-0.2, 0) is 9.59 Å². The minimum Gasteiger partial charge on any atom is -0.481 e. The second-order valence-corrected chi connectivity index (χ2v) is 5.66. The van der Waals surface area contributed by atoms with Crippen molar-refractivity contribution in [3.8, 4) is 5.75 Å². The van der Waals surface area contributed by atoms with Crippen LogP contribution in [0.1, 0.15) is 25.8 Å². The van der Waals surface area contributed by atoms with Gasteiger partial charge in [0.2, 0.25) is 0 Å². The lowest BCUT2D eigenvalue weighted by Gasteiger charge is -2.26. The van der Waals surface area contributed by atoms with E-state index in [0.29, 0.717) is 18.7 Å². The van der Waals surface area contributed by atoms with Gasteiger partial charge in [-0.2, -0.15) is 0 Å². The normalized spacial score (nSPS) is 22.9. The van der Waals surface area contributed by atoms with Crippen molar-refractivity contribution in [1.82, 2.24) is 4.90 Å². The van der Waals surface area contributed by atoms with Crippen LogP contribution in [0.15, 0.2) is 24.3 Å². The molecule has 3 atom stereocenters. The zero-order chi connectivity index (χ0) is 15.6. The summed E-state index contributed by atoms with van der Waals surface area (Å²) in [5.41, 5.74) is 1.05. The largest absolute Gasteiger partial charge is 0.481 e. The van der Waals surface area contributed by atoms with Gasteiger partial charge in [0.25, 0.3) is 5.91 Å². The molecule has 0 aromatic heterocycles. The summed E-state index contributed by atoms with van der Waals surface area (Å²) in [7, 11) is 0. The number of aliphatic carboxylic acids is 1. The van der Waals surface area contributed by atoms with Crippen LogP contribution in [0.2, 0.25) is 0 Å². The first kappa shape index (κ1) is 15.4. The van der Waals surface area contributed by atoms with E-state index in [1.54, 1.807) is 13.0 Å². The number of carboxylic acid groups (broad SMARTS) is 1. The van der Waals surface area contributed by atoms with E-state index < -0.39 is 18.1 Å². The van der Waals surface area contributed by atoms with Gasteiger partial charge in [0.15, 0.2) is 6.10 Å². The molecule has 1 aromatic carbocycles. The number of ether oxygens (including phenoxy) is 1. The molecule has 1 aliphatic heterocycles. The van der Waals surface area contributed by atoms with E-state index in [4.69, 9.17) is 4.74 Å². The number of nitrogens with zero attached hydrogens (tertiary/aromatic N) is 1. The fourth-order valence-corrected chi connectivity index (χ4v) is 2.75. The molecule has 114 valence electrons. The van der Waals surface area contributed by atoms with Crippen LogP contribution in [-0.4, -0.2) is 40.6 Å². The third kappa shape index (κ3) is 3.35. The molecule has 1 aromatic rings. The Hall–Kier alpha value is -2.04. The van der Waals surface area contributed by atoms with Crippen molar-refractivity contribution >= 4 is 11.9 Å². The van der Waals surface area contributed by atoms with Crippen LogP contribution in [0.3, 0.4) is 0 Å². The predicted octanol–water partition coefficient (Wildman–Crippen LogP) is 2.08. The van der Waals surface area contributed by atoms with Gasteiger partial charge in [0.1, 0.15) is 11.8 Å². The summed E-state index contributed by atoms with van der Waals surface area (Å²) in [5, 5.41) is 9.28. The minimum atomic E-state index is -0.948. The Balaban J connectivity index is 2.07. The number of carbonyl (C=O) groups is 2. The Morgan fingerprint density at radius 3 is 2.76 bits per heavy atom. The van der Waals surface area contributed by atoms with E-state index in [2.05, 4.69) is 0 Å². The summed E-state index contributed by atoms with van der Waals surface area (Å²) < 4.78 is 5.65. The Morgan fingerprint density at radius 2 is 2.14 bits per heavy atom. The van der Waals surface area contributed by atoms with Gasteiger partial charge in [0, 0.05) is 6.54 Å². The van der Waals surface area contributed by atoms with Gasteiger partial charge in [0.05, 0.1) is 0 Å². The molecule has 1 aliphatic rings. The van der Waals surface area contributed by atoms with Crippen LogP contribution < -0.4 is 4.74 Å². The van der Waals surface area contributed by atoms with Gasteiger partial charge >= 0.3 is 5.97 Å². The number of hydrogen-bond acceptors (Lipinski definition) is 3. The fraction of sp³-hybridized carbons (Fsp3) is 0.500. The lowest BCUT2D eigenvalue weighted by Crippen LogP contribution is -2.47. The van der Waals surface area contributed by atoms with Gasteiger partial charge < -0.3 is 14.7 Å². The van der Waals surface area contributed by atoms with Gasteiger partial charge in [-0.15, -0.1) is 0 Å². The lowest BCUT2D eigenvalue weighted by atomic mass is 10.0. The number of carboxylic acids is 1. The van der Waals surface area contributed by atoms with Gasteiger partial charge in [-0.05, 0) is 43.9 Å². The first-order valence-corrected chi connectivity index (χ1v) is 7.16. The van der Waals surface area contributed by atoms with Crippen molar-refractivity contribution in [2.45, 2.75) is 39.3 Å². The summed E-state index contributed by atoms with van der Waals surface area (Å²) in [5.74, 6) is -0.628. The molecular formula is C16H21NO4. The molecule has 1 amide bonds. The maximum absolute atomic E-state index is 12.4. The molecule has 0 bridgehead atoms. The average molecular weight is 291 g/mol. The van der Waals surface area contributed by atoms with Crippen molar-refractivity contribution in [3.63, 3.8) is 0 Å². The highest BCUT2D eigenvalue weighted by molar-refractivity contribution is 5.87. The third-order valence-electron chi connectivity index (χ3n) is 3.89. The molecule has 1 fully saturated rings. The van der Waals surface area contributed by atoms with Crippen molar-refractivity contribution in [2.24, 2.45) is 5.92 Å². The molecule has 5 heteroatoms. The first-order valence-electron chi connectivity index (χ1n) is 7.16. The molecule has 0 radical (unpaired) electrons. The van der Waals surface area contributed by atoms with E-state index in [0.717, 1.165) is 5.56 Å². The highest BCUT2D eigenvalue weighted by atomic mass is 16.5. The Bertz CT molecular complexity index is 543. The second kappa shape index (κ2) is 6.16. The summed E-state index contributed by atoms with van der Waals surface area (Å²) in [6.07, 6.45) is 0.0128. The zero-order valence-corrected chi connectivity index (χ0v) is 12.6. The molecule has 21 heavy (non-hydrogen) atoms. The smallest absolute Gasteiger partial charge is 0.326 e. The molecular weight excluding hydrogens is 270 g/mol. The summed E-state index contributed by atoms with van der Waals surface area (Å²) >= 11 is 0. The van der Waals surface area contributed by atoms with E-state index in [-0.39, 0.29) is 11.8 Å². The van der Waals surface area contributed by atoms with E-state index in [9.17, 15) is 14.7 Å². The highest BCUT2D eigenvalue weighted by Crippen LogP contribution is 2.25. The van der Waals surface area contributed by atoms with E-state index >= 15 is 0 Å². The Labute approximate surface area is 124 Å². The summed E-state index contributed by atoms with van der Waals surface area (Å²) in [4.78, 5) is 25.2. The monoisotopic (exact) mass is 291 g/mol. The van der Waals surface area contributed by atoms with Crippen molar-refractivity contribution in [1.29, 1.82) is 0 Å². The second-order valence-electron chi connectivity index (χ2n) is 5.66. The van der Waals surface area contributed by atoms with Gasteiger partial charge in [-0.3, -0.25) is 4.79 Å². The van der Waals surface area contributed by atoms with E-state index in [1.807, 2.05) is 32.0 Å². The third-order valence-corrected chi connectivity index (χ3v) is 3.89. The Morgan fingerprint density at radius 1 is 1.43 bits per heavy atom. The number of rotatable bonds is 4. The van der Waals surface area contributed by atoms with Crippen LogP contribution in [0.5, 0.6) is 5.75 Å². The summed E-state index contributed by atoms with van der Waals surface area (Å²) in [6.45, 7) is 5.94. The molecule has 0 aliphatic carbocycles.